The fourth-order valence-electron chi connectivity index (χ4n) is 1.53. The monoisotopic (exact) mass is 256 g/mol. The summed E-state index contributed by atoms with van der Waals surface area (Å²) in [5.41, 5.74) is 0.114. The van der Waals surface area contributed by atoms with E-state index in [0.29, 0.717) is 23.3 Å². The van der Waals surface area contributed by atoms with Gasteiger partial charge in [-0.3, -0.25) is 0 Å². The molecule has 0 saturated carbocycles. The summed E-state index contributed by atoms with van der Waals surface area (Å²) in [6, 6.07) is 4.65. The molecular weight excluding hydrogens is 240 g/mol. The van der Waals surface area contributed by atoms with Crippen LogP contribution in [0, 0.1) is 5.92 Å². The number of carboxylic acid groups (broad SMARTS) is 1. The topological polar surface area (TPSA) is 46.5 Å². The van der Waals surface area contributed by atoms with E-state index in [1.165, 1.54) is 6.07 Å². The Kier molecular flexibility index (Phi) is 5.29. The standard InChI is InChI=1S/C13H17ClO3/c1-3-9(4-2)8-17-12-6-5-10(14)7-11(12)13(15)16/h5-7,9H,3-4,8H2,1-2H3,(H,15,16). The minimum Gasteiger partial charge on any atom is -0.492 e. The molecule has 1 aromatic carbocycles. The van der Waals surface area contributed by atoms with Crippen LogP contribution in [-0.2, 0) is 0 Å². The first-order valence-corrected chi connectivity index (χ1v) is 6.11. The molecular formula is C13H17ClO3. The number of carboxylic acids is 1. The van der Waals surface area contributed by atoms with Gasteiger partial charge in [0.25, 0.3) is 0 Å². The van der Waals surface area contributed by atoms with Gasteiger partial charge < -0.3 is 9.84 Å². The third-order valence-corrected chi connectivity index (χ3v) is 3.04. The van der Waals surface area contributed by atoms with Crippen LogP contribution in [0.15, 0.2) is 18.2 Å². The number of aromatic carboxylic acids is 1. The summed E-state index contributed by atoms with van der Waals surface area (Å²) in [5.74, 6) is -0.187. The molecule has 0 unspecified atom stereocenters. The lowest BCUT2D eigenvalue weighted by molar-refractivity contribution is 0.0691. The van der Waals surface area contributed by atoms with Crippen LogP contribution in [0.25, 0.3) is 0 Å². The number of rotatable bonds is 6. The van der Waals surface area contributed by atoms with E-state index < -0.39 is 5.97 Å². The third-order valence-electron chi connectivity index (χ3n) is 2.80. The van der Waals surface area contributed by atoms with E-state index in [-0.39, 0.29) is 5.56 Å². The second-order valence-corrected chi connectivity index (χ2v) is 4.38. The number of halogens is 1. The summed E-state index contributed by atoms with van der Waals surface area (Å²) in [5, 5.41) is 9.43. The van der Waals surface area contributed by atoms with Crippen LogP contribution in [0.1, 0.15) is 37.0 Å². The van der Waals surface area contributed by atoms with E-state index >= 15 is 0 Å². The Bertz CT molecular complexity index is 386. The maximum absolute atomic E-state index is 11.0. The average molecular weight is 257 g/mol. The van der Waals surface area contributed by atoms with Crippen molar-refractivity contribution in [3.8, 4) is 5.75 Å². The molecule has 0 aliphatic carbocycles. The highest BCUT2D eigenvalue weighted by Crippen LogP contribution is 2.24. The highest BCUT2D eigenvalue weighted by molar-refractivity contribution is 6.31. The number of hydrogen-bond acceptors (Lipinski definition) is 2. The molecule has 3 nitrogen and oxygen atoms in total. The predicted octanol–water partition coefficient (Wildman–Crippen LogP) is 3.85. The molecule has 1 N–H and O–H groups in total. The van der Waals surface area contributed by atoms with Gasteiger partial charge in [0.1, 0.15) is 11.3 Å². The summed E-state index contributed by atoms with van der Waals surface area (Å²) in [4.78, 5) is 11.0. The van der Waals surface area contributed by atoms with Crippen LogP contribution in [0.2, 0.25) is 5.02 Å². The molecule has 94 valence electrons. The van der Waals surface area contributed by atoms with Crippen molar-refractivity contribution in [3.63, 3.8) is 0 Å². The van der Waals surface area contributed by atoms with Gasteiger partial charge in [-0.05, 0) is 24.1 Å². The zero-order valence-electron chi connectivity index (χ0n) is 10.1. The number of hydrogen-bond donors (Lipinski definition) is 1. The molecule has 17 heavy (non-hydrogen) atoms. The Morgan fingerprint density at radius 3 is 2.59 bits per heavy atom. The van der Waals surface area contributed by atoms with Gasteiger partial charge in [0.05, 0.1) is 6.61 Å². The van der Waals surface area contributed by atoms with Gasteiger partial charge in [0, 0.05) is 5.02 Å². The highest BCUT2D eigenvalue weighted by atomic mass is 35.5. The van der Waals surface area contributed by atoms with E-state index in [4.69, 9.17) is 21.4 Å². The minimum absolute atomic E-state index is 0.114. The van der Waals surface area contributed by atoms with Gasteiger partial charge >= 0.3 is 5.97 Å². The summed E-state index contributed by atoms with van der Waals surface area (Å²) in [6.07, 6.45) is 2.04. The van der Waals surface area contributed by atoms with E-state index in [2.05, 4.69) is 13.8 Å². The SMILES string of the molecule is CCC(CC)COc1ccc(Cl)cc1C(=O)O. The minimum atomic E-state index is -1.02. The van der Waals surface area contributed by atoms with Crippen molar-refractivity contribution in [2.75, 3.05) is 6.61 Å². The van der Waals surface area contributed by atoms with Crippen LogP contribution in [0.3, 0.4) is 0 Å². The smallest absolute Gasteiger partial charge is 0.339 e. The Morgan fingerprint density at radius 1 is 1.41 bits per heavy atom. The van der Waals surface area contributed by atoms with E-state index in [0.717, 1.165) is 12.8 Å². The molecule has 1 aromatic rings. The van der Waals surface area contributed by atoms with E-state index in [1.807, 2.05) is 0 Å². The molecule has 0 fully saturated rings. The number of benzene rings is 1. The second-order valence-electron chi connectivity index (χ2n) is 3.94. The quantitative estimate of drug-likeness (QED) is 0.841. The maximum atomic E-state index is 11.0. The lowest BCUT2D eigenvalue weighted by atomic mass is 10.1. The van der Waals surface area contributed by atoms with Crippen LogP contribution >= 0.6 is 11.6 Å². The van der Waals surface area contributed by atoms with Gasteiger partial charge in [0.2, 0.25) is 0 Å². The van der Waals surface area contributed by atoms with E-state index in [1.54, 1.807) is 12.1 Å². The van der Waals surface area contributed by atoms with Crippen molar-refractivity contribution in [2.45, 2.75) is 26.7 Å². The maximum Gasteiger partial charge on any atom is 0.339 e. The Morgan fingerprint density at radius 2 is 2.06 bits per heavy atom. The molecule has 0 bridgehead atoms. The van der Waals surface area contributed by atoms with Gasteiger partial charge in [-0.2, -0.15) is 0 Å². The van der Waals surface area contributed by atoms with Crippen molar-refractivity contribution in [2.24, 2.45) is 5.92 Å². The summed E-state index contributed by atoms with van der Waals surface area (Å²) in [7, 11) is 0. The second kappa shape index (κ2) is 6.50. The summed E-state index contributed by atoms with van der Waals surface area (Å²) >= 11 is 5.76. The van der Waals surface area contributed by atoms with Gasteiger partial charge in [-0.1, -0.05) is 38.3 Å². The first-order valence-electron chi connectivity index (χ1n) is 5.74. The molecule has 0 aliphatic heterocycles. The fraction of sp³-hybridized carbons (Fsp3) is 0.462. The third kappa shape index (κ3) is 3.93. The molecule has 0 atom stereocenters. The molecule has 0 radical (unpaired) electrons. The van der Waals surface area contributed by atoms with E-state index in [9.17, 15) is 4.79 Å². The molecule has 1 rings (SSSR count). The fourth-order valence-corrected chi connectivity index (χ4v) is 1.70. The lowest BCUT2D eigenvalue weighted by Crippen LogP contribution is -2.12. The highest BCUT2D eigenvalue weighted by Gasteiger charge is 2.13. The molecule has 0 aliphatic rings. The number of ether oxygens (including phenoxy) is 1. The Hall–Kier alpha value is -1.22. The van der Waals surface area contributed by atoms with Crippen LogP contribution in [-0.4, -0.2) is 17.7 Å². The van der Waals surface area contributed by atoms with Crippen molar-refractivity contribution in [3.05, 3.63) is 28.8 Å². The normalized spacial score (nSPS) is 10.6. The van der Waals surface area contributed by atoms with Crippen molar-refractivity contribution >= 4 is 17.6 Å². The molecule has 0 spiro atoms. The van der Waals surface area contributed by atoms with Gasteiger partial charge in [-0.15, -0.1) is 0 Å². The predicted molar refractivity (Wildman–Crippen MR) is 68.0 cm³/mol. The van der Waals surface area contributed by atoms with Gasteiger partial charge in [0.15, 0.2) is 0 Å². The zero-order valence-corrected chi connectivity index (χ0v) is 10.8. The zero-order chi connectivity index (χ0) is 12.8. The molecule has 0 amide bonds. The average Bonchev–Trinajstić information content (AvgIpc) is 2.31. The Labute approximate surface area is 106 Å². The van der Waals surface area contributed by atoms with Crippen LogP contribution < -0.4 is 4.74 Å². The van der Waals surface area contributed by atoms with Crippen LogP contribution in [0.4, 0.5) is 0 Å². The van der Waals surface area contributed by atoms with Crippen molar-refractivity contribution in [1.82, 2.24) is 0 Å². The van der Waals surface area contributed by atoms with Crippen LogP contribution in [0.5, 0.6) is 5.75 Å². The number of carbonyl (C=O) groups is 1. The summed E-state index contributed by atoms with van der Waals surface area (Å²) in [6.45, 7) is 4.73. The first-order chi connectivity index (χ1) is 8.08. The van der Waals surface area contributed by atoms with Crippen molar-refractivity contribution < 1.29 is 14.6 Å². The Balaban J connectivity index is 2.80. The van der Waals surface area contributed by atoms with Gasteiger partial charge in [-0.25, -0.2) is 4.79 Å². The lowest BCUT2D eigenvalue weighted by Gasteiger charge is -2.15. The summed E-state index contributed by atoms with van der Waals surface area (Å²) < 4.78 is 5.56. The molecule has 4 heteroatoms. The largest absolute Gasteiger partial charge is 0.492 e. The molecule has 0 saturated heterocycles. The first kappa shape index (κ1) is 13.8. The molecule has 0 aromatic heterocycles. The van der Waals surface area contributed by atoms with Crippen molar-refractivity contribution in [1.29, 1.82) is 0 Å². The molecule has 0 heterocycles.